The van der Waals surface area contributed by atoms with E-state index in [0.29, 0.717) is 30.4 Å². The minimum atomic E-state index is -0.413. The van der Waals surface area contributed by atoms with E-state index in [1.165, 1.54) is 17.3 Å². The molecule has 7 heteroatoms. The molecule has 2 aromatic carbocycles. The minimum Gasteiger partial charge on any atom is -0.486 e. The van der Waals surface area contributed by atoms with Crippen LogP contribution in [0.15, 0.2) is 42.5 Å². The molecule has 0 fully saturated rings. The number of fused-ring (bicyclic) bond motifs is 1. The lowest BCUT2D eigenvalue weighted by atomic mass is 10.2. The molecule has 1 N–H and O–H groups in total. The van der Waals surface area contributed by atoms with Gasteiger partial charge in [0.2, 0.25) is 0 Å². The molecule has 0 saturated heterocycles. The second kappa shape index (κ2) is 9.32. The van der Waals surface area contributed by atoms with Crippen molar-refractivity contribution in [3.05, 3.63) is 53.6 Å². The first-order chi connectivity index (χ1) is 13.1. The summed E-state index contributed by atoms with van der Waals surface area (Å²) in [6.07, 6.45) is 0. The van der Waals surface area contributed by atoms with Crippen LogP contribution in [0.2, 0.25) is 0 Å². The number of carbonyl (C=O) groups is 2. The van der Waals surface area contributed by atoms with Crippen LogP contribution in [0.4, 0.5) is 5.69 Å². The van der Waals surface area contributed by atoms with Gasteiger partial charge in [-0.25, -0.2) is 0 Å². The number of benzene rings is 2. The number of aryl methyl sites for hydroxylation is 1. The number of rotatable bonds is 7. The number of anilines is 1. The van der Waals surface area contributed by atoms with Crippen molar-refractivity contribution in [1.82, 2.24) is 0 Å². The Morgan fingerprint density at radius 2 is 1.81 bits per heavy atom. The molecule has 2 aromatic rings. The SMILES string of the molecule is Cc1ccc(CSCC(=O)OCC(=O)Nc2ccc3c(c2)OCCO3)cc1. The third-order valence-corrected chi connectivity index (χ3v) is 4.78. The van der Waals surface area contributed by atoms with Crippen molar-refractivity contribution in [3.8, 4) is 11.5 Å². The summed E-state index contributed by atoms with van der Waals surface area (Å²) < 4.78 is 15.9. The number of hydrogen-bond donors (Lipinski definition) is 1. The van der Waals surface area contributed by atoms with Crippen LogP contribution in [-0.2, 0) is 20.1 Å². The highest BCUT2D eigenvalue weighted by molar-refractivity contribution is 7.99. The van der Waals surface area contributed by atoms with E-state index in [4.69, 9.17) is 14.2 Å². The number of ether oxygens (including phenoxy) is 3. The van der Waals surface area contributed by atoms with Gasteiger partial charge in [0.1, 0.15) is 13.2 Å². The highest BCUT2D eigenvalue weighted by Gasteiger charge is 2.13. The Morgan fingerprint density at radius 3 is 2.59 bits per heavy atom. The van der Waals surface area contributed by atoms with E-state index in [-0.39, 0.29) is 12.4 Å². The molecule has 0 saturated carbocycles. The highest BCUT2D eigenvalue weighted by atomic mass is 32.2. The average molecular weight is 387 g/mol. The zero-order chi connectivity index (χ0) is 19.1. The molecular formula is C20H21NO5S. The monoisotopic (exact) mass is 387 g/mol. The van der Waals surface area contributed by atoms with Gasteiger partial charge in [-0.3, -0.25) is 9.59 Å². The van der Waals surface area contributed by atoms with Gasteiger partial charge in [-0.2, -0.15) is 0 Å². The molecule has 1 heterocycles. The van der Waals surface area contributed by atoms with Crippen molar-refractivity contribution in [2.24, 2.45) is 0 Å². The molecule has 0 atom stereocenters. The van der Waals surface area contributed by atoms with Gasteiger partial charge in [-0.1, -0.05) is 29.8 Å². The maximum atomic E-state index is 11.9. The Bertz CT molecular complexity index is 807. The van der Waals surface area contributed by atoms with Crippen molar-refractivity contribution >= 4 is 29.3 Å². The molecule has 0 aromatic heterocycles. The summed E-state index contributed by atoms with van der Waals surface area (Å²) >= 11 is 1.45. The fourth-order valence-electron chi connectivity index (χ4n) is 2.44. The van der Waals surface area contributed by atoms with Gasteiger partial charge in [0.15, 0.2) is 18.1 Å². The Balaban J connectivity index is 1.37. The van der Waals surface area contributed by atoms with E-state index >= 15 is 0 Å². The Kier molecular flexibility index (Phi) is 6.59. The molecule has 0 spiro atoms. The molecule has 27 heavy (non-hydrogen) atoms. The third kappa shape index (κ3) is 5.92. The summed E-state index contributed by atoms with van der Waals surface area (Å²) in [5.41, 5.74) is 2.91. The van der Waals surface area contributed by atoms with Crippen LogP contribution in [0.25, 0.3) is 0 Å². The number of amides is 1. The van der Waals surface area contributed by atoms with Crippen LogP contribution in [0, 0.1) is 6.92 Å². The number of hydrogen-bond acceptors (Lipinski definition) is 6. The molecule has 1 amide bonds. The van der Waals surface area contributed by atoms with E-state index < -0.39 is 11.9 Å². The summed E-state index contributed by atoms with van der Waals surface area (Å²) in [5.74, 6) is 1.34. The third-order valence-electron chi connectivity index (χ3n) is 3.80. The molecule has 142 valence electrons. The Morgan fingerprint density at radius 1 is 1.07 bits per heavy atom. The van der Waals surface area contributed by atoms with Crippen molar-refractivity contribution in [3.63, 3.8) is 0 Å². The molecule has 3 rings (SSSR count). The second-order valence-electron chi connectivity index (χ2n) is 6.05. The standard InChI is InChI=1S/C20H21NO5S/c1-14-2-4-15(5-3-14)12-27-13-20(23)26-11-19(22)21-16-6-7-17-18(10-16)25-9-8-24-17/h2-7,10H,8-9,11-13H2,1H3,(H,21,22). The quantitative estimate of drug-likeness (QED) is 0.736. The zero-order valence-electron chi connectivity index (χ0n) is 15.0. The van der Waals surface area contributed by atoms with Gasteiger partial charge in [-0.05, 0) is 24.6 Å². The predicted molar refractivity (Wildman–Crippen MR) is 104 cm³/mol. The summed E-state index contributed by atoms with van der Waals surface area (Å²) in [6, 6.07) is 13.3. The Hall–Kier alpha value is -2.67. The number of thioether (sulfide) groups is 1. The van der Waals surface area contributed by atoms with Crippen molar-refractivity contribution < 1.29 is 23.8 Å². The molecule has 0 unspecified atom stereocenters. The van der Waals surface area contributed by atoms with Gasteiger partial charge in [0.25, 0.3) is 5.91 Å². The van der Waals surface area contributed by atoms with Gasteiger partial charge in [0.05, 0.1) is 5.75 Å². The number of nitrogens with one attached hydrogen (secondary N) is 1. The molecule has 0 aliphatic carbocycles. The fourth-order valence-corrected chi connectivity index (χ4v) is 3.22. The Labute approximate surface area is 162 Å². The van der Waals surface area contributed by atoms with Crippen LogP contribution in [0.1, 0.15) is 11.1 Å². The van der Waals surface area contributed by atoms with Gasteiger partial charge in [0, 0.05) is 17.5 Å². The van der Waals surface area contributed by atoms with Gasteiger partial charge < -0.3 is 19.5 Å². The van der Waals surface area contributed by atoms with E-state index in [0.717, 1.165) is 11.3 Å². The van der Waals surface area contributed by atoms with E-state index in [1.807, 2.05) is 31.2 Å². The summed E-state index contributed by atoms with van der Waals surface area (Å²) in [5, 5.41) is 2.68. The van der Waals surface area contributed by atoms with Gasteiger partial charge in [-0.15, -0.1) is 11.8 Å². The van der Waals surface area contributed by atoms with Crippen molar-refractivity contribution in [2.45, 2.75) is 12.7 Å². The fraction of sp³-hybridized carbons (Fsp3) is 0.300. The predicted octanol–water partition coefficient (Wildman–Crippen LogP) is 3.18. The van der Waals surface area contributed by atoms with Crippen LogP contribution >= 0.6 is 11.8 Å². The molecule has 0 bridgehead atoms. The maximum absolute atomic E-state index is 11.9. The lowest BCUT2D eigenvalue weighted by molar-refractivity contribution is -0.144. The normalized spacial score (nSPS) is 12.3. The lowest BCUT2D eigenvalue weighted by Crippen LogP contribution is -2.22. The second-order valence-corrected chi connectivity index (χ2v) is 7.03. The molecule has 0 radical (unpaired) electrons. The van der Waals surface area contributed by atoms with Crippen LogP contribution in [-0.4, -0.2) is 37.4 Å². The molecule has 6 nitrogen and oxygen atoms in total. The number of carbonyl (C=O) groups excluding carboxylic acids is 2. The maximum Gasteiger partial charge on any atom is 0.316 e. The van der Waals surface area contributed by atoms with E-state index in [2.05, 4.69) is 5.32 Å². The first kappa shape index (κ1) is 19.1. The van der Waals surface area contributed by atoms with Gasteiger partial charge >= 0.3 is 5.97 Å². The van der Waals surface area contributed by atoms with Crippen LogP contribution in [0.5, 0.6) is 11.5 Å². The van der Waals surface area contributed by atoms with Crippen LogP contribution in [0.3, 0.4) is 0 Å². The number of esters is 1. The average Bonchev–Trinajstić information content (AvgIpc) is 2.68. The minimum absolute atomic E-state index is 0.200. The highest BCUT2D eigenvalue weighted by Crippen LogP contribution is 2.32. The largest absolute Gasteiger partial charge is 0.486 e. The first-order valence-electron chi connectivity index (χ1n) is 8.58. The van der Waals surface area contributed by atoms with E-state index in [9.17, 15) is 9.59 Å². The summed E-state index contributed by atoms with van der Waals surface area (Å²) in [7, 11) is 0. The lowest BCUT2D eigenvalue weighted by Gasteiger charge is -2.19. The molecular weight excluding hydrogens is 366 g/mol. The topological polar surface area (TPSA) is 73.9 Å². The molecule has 1 aliphatic rings. The molecule has 1 aliphatic heterocycles. The zero-order valence-corrected chi connectivity index (χ0v) is 15.8. The van der Waals surface area contributed by atoms with Crippen molar-refractivity contribution in [2.75, 3.05) is 30.9 Å². The summed E-state index contributed by atoms with van der Waals surface area (Å²) in [6.45, 7) is 2.70. The van der Waals surface area contributed by atoms with E-state index in [1.54, 1.807) is 18.2 Å². The van der Waals surface area contributed by atoms with Crippen LogP contribution < -0.4 is 14.8 Å². The first-order valence-corrected chi connectivity index (χ1v) is 9.74. The van der Waals surface area contributed by atoms with Crippen molar-refractivity contribution in [1.29, 1.82) is 0 Å². The summed E-state index contributed by atoms with van der Waals surface area (Å²) in [4.78, 5) is 23.7. The smallest absolute Gasteiger partial charge is 0.316 e.